The van der Waals surface area contributed by atoms with Crippen molar-refractivity contribution in [2.24, 2.45) is 5.92 Å². The number of thioether (sulfide) groups is 2. The van der Waals surface area contributed by atoms with E-state index in [1.807, 2.05) is 6.92 Å². The number of carbonyl (C=O) groups is 4. The fourth-order valence-electron chi connectivity index (χ4n) is 2.95. The molecule has 8 nitrogen and oxygen atoms in total. The molecular formula is C16H20N2O6S2. The third kappa shape index (κ3) is 4.24. The molecule has 3 atom stereocenters. The minimum Gasteiger partial charge on any atom is -0.477 e. The van der Waals surface area contributed by atoms with Gasteiger partial charge in [0, 0.05) is 29.7 Å². The number of hydrogen-bond acceptors (Lipinski definition) is 7. The Labute approximate surface area is 159 Å². The average Bonchev–Trinajstić information content (AvgIpc) is 2.91. The smallest absolute Gasteiger partial charge is 0.353 e. The van der Waals surface area contributed by atoms with Gasteiger partial charge in [-0.25, -0.2) is 4.79 Å². The highest BCUT2D eigenvalue weighted by Gasteiger charge is 2.56. The minimum absolute atomic E-state index is 0.00103. The number of rotatable bonds is 8. The van der Waals surface area contributed by atoms with Gasteiger partial charge in [-0.15, -0.1) is 11.8 Å². The van der Waals surface area contributed by atoms with E-state index in [0.29, 0.717) is 11.3 Å². The van der Waals surface area contributed by atoms with Crippen molar-refractivity contribution in [3.05, 3.63) is 22.2 Å². The first kappa shape index (κ1) is 20.4. The zero-order valence-electron chi connectivity index (χ0n) is 14.6. The van der Waals surface area contributed by atoms with E-state index < -0.39 is 5.97 Å². The number of hydrogen-bond donors (Lipinski definition) is 2. The number of carboxylic acids is 1. The van der Waals surface area contributed by atoms with E-state index in [1.54, 1.807) is 5.41 Å². The Morgan fingerprint density at radius 2 is 2.15 bits per heavy atom. The van der Waals surface area contributed by atoms with Crippen LogP contribution in [0.5, 0.6) is 0 Å². The van der Waals surface area contributed by atoms with Crippen LogP contribution in [0.1, 0.15) is 20.3 Å². The number of β-lactam (4-membered cyclic amide) rings is 1. The van der Waals surface area contributed by atoms with E-state index in [4.69, 9.17) is 0 Å². The van der Waals surface area contributed by atoms with E-state index >= 15 is 0 Å². The minimum atomic E-state index is -1.15. The van der Waals surface area contributed by atoms with Crippen LogP contribution in [0.15, 0.2) is 22.2 Å². The number of nitrogens with one attached hydrogen (secondary N) is 1. The standard InChI is InChI=1S/C16H20N2O6S2/c1-8(26-7-12(20)24-3)13-10-6-11(25-5-4-17-9(2)19)14(16(22)23)18(10)15(13)21/h4-5,8,10,13H,6-7H2,1-3H3,(H,17,19)(H,22,23)/t8?,10-,13-/m1/s1. The third-order valence-corrected chi connectivity index (χ3v) is 6.27. The van der Waals surface area contributed by atoms with Crippen LogP contribution in [-0.2, 0) is 23.9 Å². The van der Waals surface area contributed by atoms with Crippen LogP contribution in [0.25, 0.3) is 0 Å². The number of aliphatic carboxylic acids is 1. The molecule has 0 aromatic rings. The van der Waals surface area contributed by atoms with Crippen LogP contribution in [-0.4, -0.2) is 57.9 Å². The van der Waals surface area contributed by atoms with Crippen molar-refractivity contribution in [3.63, 3.8) is 0 Å². The second-order valence-corrected chi connectivity index (χ2v) is 8.16. The predicted molar refractivity (Wildman–Crippen MR) is 97.9 cm³/mol. The molecule has 0 bridgehead atoms. The molecule has 0 saturated carbocycles. The van der Waals surface area contributed by atoms with E-state index in [2.05, 4.69) is 10.1 Å². The molecule has 2 aliphatic rings. The lowest BCUT2D eigenvalue weighted by molar-refractivity contribution is -0.154. The molecule has 10 heteroatoms. The average molecular weight is 400 g/mol. The summed E-state index contributed by atoms with van der Waals surface area (Å²) in [6, 6.07) is -0.217. The van der Waals surface area contributed by atoms with Crippen molar-refractivity contribution in [1.82, 2.24) is 10.2 Å². The summed E-state index contributed by atoms with van der Waals surface area (Å²) in [5.41, 5.74) is -0.00103. The highest BCUT2D eigenvalue weighted by atomic mass is 32.2. The maximum atomic E-state index is 12.5. The molecule has 2 N–H and O–H groups in total. The molecule has 2 heterocycles. The molecule has 142 valence electrons. The summed E-state index contributed by atoms with van der Waals surface area (Å²) in [7, 11) is 1.31. The van der Waals surface area contributed by atoms with E-state index in [-0.39, 0.29) is 46.4 Å². The Bertz CT molecular complexity index is 690. The van der Waals surface area contributed by atoms with Crippen molar-refractivity contribution in [2.45, 2.75) is 31.6 Å². The van der Waals surface area contributed by atoms with Crippen LogP contribution >= 0.6 is 23.5 Å². The highest BCUT2D eigenvalue weighted by molar-refractivity contribution is 8.05. The molecule has 1 saturated heterocycles. The van der Waals surface area contributed by atoms with Crippen LogP contribution < -0.4 is 5.32 Å². The van der Waals surface area contributed by atoms with Crippen molar-refractivity contribution >= 4 is 47.3 Å². The van der Waals surface area contributed by atoms with Crippen molar-refractivity contribution in [1.29, 1.82) is 0 Å². The third-order valence-electron chi connectivity index (χ3n) is 4.13. The number of carboxylic acid groups (broad SMARTS) is 1. The molecule has 2 aliphatic heterocycles. The lowest BCUT2D eigenvalue weighted by Gasteiger charge is -2.45. The molecule has 0 aliphatic carbocycles. The molecule has 0 spiro atoms. The van der Waals surface area contributed by atoms with Gasteiger partial charge in [0.2, 0.25) is 11.8 Å². The summed E-state index contributed by atoms with van der Waals surface area (Å²) in [5.74, 6) is -2.16. The van der Waals surface area contributed by atoms with Crippen LogP contribution in [0.3, 0.4) is 0 Å². The maximum Gasteiger partial charge on any atom is 0.353 e. The first-order valence-corrected chi connectivity index (χ1v) is 9.77. The number of fused-ring (bicyclic) bond motifs is 1. The molecule has 1 unspecified atom stereocenters. The lowest BCUT2D eigenvalue weighted by atomic mass is 9.85. The van der Waals surface area contributed by atoms with Gasteiger partial charge in [0.15, 0.2) is 0 Å². The van der Waals surface area contributed by atoms with Crippen LogP contribution in [0.4, 0.5) is 0 Å². The van der Waals surface area contributed by atoms with Gasteiger partial charge in [-0.05, 0) is 5.41 Å². The molecule has 2 amide bonds. The molecule has 1 fully saturated rings. The molecular weight excluding hydrogens is 380 g/mol. The highest BCUT2D eigenvalue weighted by Crippen LogP contribution is 2.48. The van der Waals surface area contributed by atoms with E-state index in [9.17, 15) is 24.3 Å². The summed E-state index contributed by atoms with van der Waals surface area (Å²) in [5, 5.41) is 13.4. The predicted octanol–water partition coefficient (Wildman–Crippen LogP) is 1.15. The summed E-state index contributed by atoms with van der Waals surface area (Å²) in [6.07, 6.45) is 1.87. The Morgan fingerprint density at radius 3 is 2.73 bits per heavy atom. The van der Waals surface area contributed by atoms with Crippen molar-refractivity contribution in [3.8, 4) is 0 Å². The topological polar surface area (TPSA) is 113 Å². The van der Waals surface area contributed by atoms with Gasteiger partial charge in [-0.3, -0.25) is 14.4 Å². The zero-order valence-corrected chi connectivity index (χ0v) is 16.2. The monoisotopic (exact) mass is 400 g/mol. The second-order valence-electron chi connectivity index (χ2n) is 5.80. The number of amides is 2. The number of ether oxygens (including phenoxy) is 1. The molecule has 2 rings (SSSR count). The van der Waals surface area contributed by atoms with E-state index in [0.717, 1.165) is 0 Å². The summed E-state index contributed by atoms with van der Waals surface area (Å²) >= 11 is 2.50. The van der Waals surface area contributed by atoms with E-state index in [1.165, 1.54) is 48.7 Å². The van der Waals surface area contributed by atoms with Crippen molar-refractivity contribution in [2.75, 3.05) is 12.9 Å². The Hall–Kier alpha value is -1.94. The fraction of sp³-hybridized carbons (Fsp3) is 0.500. The van der Waals surface area contributed by atoms with Gasteiger partial charge in [-0.1, -0.05) is 18.7 Å². The van der Waals surface area contributed by atoms with Gasteiger partial charge < -0.3 is 20.1 Å². The number of nitrogens with zero attached hydrogens (tertiary/aromatic N) is 1. The summed E-state index contributed by atoms with van der Waals surface area (Å²) in [6.45, 7) is 3.23. The van der Waals surface area contributed by atoms with Gasteiger partial charge in [0.05, 0.1) is 24.8 Å². The zero-order chi connectivity index (χ0) is 19.4. The van der Waals surface area contributed by atoms with Gasteiger partial charge in [0.1, 0.15) is 5.70 Å². The normalized spacial score (nSPS) is 22.9. The lowest BCUT2D eigenvalue weighted by Crippen LogP contribution is -2.61. The maximum absolute atomic E-state index is 12.5. The largest absolute Gasteiger partial charge is 0.477 e. The summed E-state index contributed by atoms with van der Waals surface area (Å²) in [4.78, 5) is 48.1. The van der Waals surface area contributed by atoms with Gasteiger partial charge in [0.25, 0.3) is 0 Å². The van der Waals surface area contributed by atoms with Gasteiger partial charge >= 0.3 is 11.9 Å². The fourth-order valence-corrected chi connectivity index (χ4v) is 4.84. The molecule has 0 aromatic carbocycles. The Morgan fingerprint density at radius 1 is 1.46 bits per heavy atom. The number of carbonyl (C=O) groups excluding carboxylic acids is 3. The number of methoxy groups -OCH3 is 1. The van der Waals surface area contributed by atoms with Crippen molar-refractivity contribution < 1.29 is 29.0 Å². The second kappa shape index (κ2) is 8.63. The molecule has 26 heavy (non-hydrogen) atoms. The van der Waals surface area contributed by atoms with Crippen LogP contribution in [0.2, 0.25) is 0 Å². The SMILES string of the molecule is COC(=O)CSC(C)[C@H]1C(=O)N2C(C(=O)O)=C(SC=CNC(C)=O)C[C@H]12. The molecule has 0 aromatic heterocycles. The van der Waals surface area contributed by atoms with Crippen LogP contribution in [0, 0.1) is 5.92 Å². The Kier molecular flexibility index (Phi) is 6.76. The number of esters is 1. The Balaban J connectivity index is 2.05. The first-order valence-electron chi connectivity index (χ1n) is 7.84. The van der Waals surface area contributed by atoms with Gasteiger partial charge in [-0.2, -0.15) is 0 Å². The molecule has 0 radical (unpaired) electrons. The first-order chi connectivity index (χ1) is 12.3. The summed E-state index contributed by atoms with van der Waals surface area (Å²) < 4.78 is 4.60. The quantitative estimate of drug-likeness (QED) is 0.461.